The van der Waals surface area contributed by atoms with E-state index in [0.717, 1.165) is 37.7 Å². The average molecular weight is 481 g/mol. The number of hydrogen-bond donors (Lipinski definition) is 0. The molecule has 188 valence electrons. The van der Waals surface area contributed by atoms with Crippen molar-refractivity contribution in [2.45, 2.75) is 84.2 Å². The first-order valence-electron chi connectivity index (χ1n) is 13.1. The summed E-state index contributed by atoms with van der Waals surface area (Å²) >= 11 is 0. The van der Waals surface area contributed by atoms with E-state index in [1.165, 1.54) is 12.2 Å². The van der Waals surface area contributed by atoms with E-state index in [9.17, 15) is 14.4 Å². The maximum absolute atomic E-state index is 13.2. The van der Waals surface area contributed by atoms with Crippen molar-refractivity contribution in [3.05, 3.63) is 34.9 Å². The Morgan fingerprint density at radius 2 is 1.80 bits per heavy atom. The minimum Gasteiger partial charge on any atom is -0.456 e. The molecule has 3 fully saturated rings. The number of cyclic esters (lactones) is 1. The van der Waals surface area contributed by atoms with E-state index in [2.05, 4.69) is 6.92 Å². The molecule has 2 heterocycles. The molecule has 9 atom stereocenters. The fourth-order valence-corrected chi connectivity index (χ4v) is 9.26. The second-order valence-electron chi connectivity index (χ2n) is 12.1. The number of carbonyl (C=O) groups is 3. The molecular formula is C29H36O6. The Morgan fingerprint density at radius 3 is 2.51 bits per heavy atom. The Balaban J connectivity index is 1.38. The van der Waals surface area contributed by atoms with Gasteiger partial charge >= 0.3 is 5.97 Å². The van der Waals surface area contributed by atoms with Crippen LogP contribution in [0.25, 0.3) is 0 Å². The van der Waals surface area contributed by atoms with Crippen molar-refractivity contribution in [2.24, 2.45) is 34.5 Å². The first-order chi connectivity index (χ1) is 16.6. The van der Waals surface area contributed by atoms with E-state index in [0.29, 0.717) is 29.4 Å². The van der Waals surface area contributed by atoms with Crippen LogP contribution in [0.1, 0.15) is 66.2 Å². The Labute approximate surface area is 207 Å². The maximum atomic E-state index is 13.2. The monoisotopic (exact) mass is 480 g/mol. The number of ketones is 2. The zero-order chi connectivity index (χ0) is 24.9. The summed E-state index contributed by atoms with van der Waals surface area (Å²) in [5.74, 6) is 0.777. The van der Waals surface area contributed by atoms with Crippen molar-refractivity contribution in [1.29, 1.82) is 0 Å². The average Bonchev–Trinajstić information content (AvgIpc) is 3.34. The zero-order valence-corrected chi connectivity index (χ0v) is 21.4. The zero-order valence-electron chi connectivity index (χ0n) is 21.4. The van der Waals surface area contributed by atoms with Crippen molar-refractivity contribution in [3.8, 4) is 0 Å². The first kappa shape index (κ1) is 23.4. The van der Waals surface area contributed by atoms with Gasteiger partial charge in [-0.15, -0.1) is 0 Å². The Kier molecular flexibility index (Phi) is 4.99. The van der Waals surface area contributed by atoms with Crippen LogP contribution in [0.2, 0.25) is 0 Å². The minimum atomic E-state index is -0.738. The number of fused-ring (bicyclic) bond motifs is 4. The highest BCUT2D eigenvalue weighted by Gasteiger charge is 2.73. The van der Waals surface area contributed by atoms with E-state index >= 15 is 0 Å². The van der Waals surface area contributed by atoms with Gasteiger partial charge in [0.25, 0.3) is 0 Å². The Morgan fingerprint density at radius 1 is 1.03 bits per heavy atom. The first-order valence-corrected chi connectivity index (χ1v) is 13.1. The number of ether oxygens (including phenoxy) is 3. The van der Waals surface area contributed by atoms with E-state index < -0.39 is 11.0 Å². The maximum Gasteiger partial charge on any atom is 0.334 e. The molecule has 2 aliphatic heterocycles. The van der Waals surface area contributed by atoms with E-state index in [-0.39, 0.29) is 47.2 Å². The van der Waals surface area contributed by atoms with Crippen molar-refractivity contribution in [2.75, 3.05) is 7.11 Å². The van der Waals surface area contributed by atoms with Gasteiger partial charge in [0.05, 0.1) is 5.41 Å². The third-order valence-corrected chi connectivity index (χ3v) is 11.1. The molecule has 0 radical (unpaired) electrons. The normalized spacial score (nSPS) is 48.7. The van der Waals surface area contributed by atoms with Crippen LogP contribution in [-0.2, 0) is 28.6 Å². The number of carbonyl (C=O) groups excluding carboxylic acids is 3. The molecule has 6 rings (SSSR count). The summed E-state index contributed by atoms with van der Waals surface area (Å²) in [7, 11) is 1.72. The predicted molar refractivity (Wildman–Crippen MR) is 128 cm³/mol. The molecule has 0 aromatic heterocycles. The smallest absolute Gasteiger partial charge is 0.334 e. The number of esters is 1. The van der Waals surface area contributed by atoms with Crippen LogP contribution < -0.4 is 0 Å². The predicted octanol–water partition coefficient (Wildman–Crippen LogP) is 4.48. The van der Waals surface area contributed by atoms with Gasteiger partial charge in [-0.2, -0.15) is 0 Å². The molecule has 6 nitrogen and oxygen atoms in total. The molecule has 0 aromatic rings. The fraction of sp³-hybridized carbons (Fsp3) is 0.690. The van der Waals surface area contributed by atoms with Gasteiger partial charge in [0, 0.05) is 36.0 Å². The lowest BCUT2D eigenvalue weighted by Crippen LogP contribution is -2.56. The van der Waals surface area contributed by atoms with Crippen molar-refractivity contribution in [1.82, 2.24) is 0 Å². The van der Waals surface area contributed by atoms with Crippen LogP contribution in [0.5, 0.6) is 0 Å². The van der Waals surface area contributed by atoms with E-state index in [1.54, 1.807) is 7.11 Å². The number of methoxy groups -OCH3 is 1. The quantitative estimate of drug-likeness (QED) is 0.542. The van der Waals surface area contributed by atoms with Crippen LogP contribution in [0, 0.1) is 34.5 Å². The van der Waals surface area contributed by atoms with E-state index in [4.69, 9.17) is 14.2 Å². The molecule has 0 bridgehead atoms. The second-order valence-corrected chi connectivity index (χ2v) is 12.1. The van der Waals surface area contributed by atoms with Crippen LogP contribution in [0.4, 0.5) is 0 Å². The van der Waals surface area contributed by atoms with Gasteiger partial charge < -0.3 is 14.2 Å². The van der Waals surface area contributed by atoms with Gasteiger partial charge in [0.1, 0.15) is 11.7 Å². The summed E-state index contributed by atoms with van der Waals surface area (Å²) in [5.41, 5.74) is 0.914. The molecule has 1 spiro atoms. The molecule has 0 unspecified atom stereocenters. The van der Waals surface area contributed by atoms with Crippen LogP contribution in [0.15, 0.2) is 34.9 Å². The lowest BCUT2D eigenvalue weighted by atomic mass is 9.47. The van der Waals surface area contributed by atoms with Gasteiger partial charge in [-0.3, -0.25) is 9.59 Å². The van der Waals surface area contributed by atoms with Gasteiger partial charge in [-0.05, 0) is 89.7 Å². The summed E-state index contributed by atoms with van der Waals surface area (Å²) in [5, 5.41) is 0. The molecule has 2 saturated carbocycles. The fourth-order valence-electron chi connectivity index (χ4n) is 9.26. The molecule has 6 heteroatoms. The summed E-state index contributed by atoms with van der Waals surface area (Å²) in [6, 6.07) is 0. The standard InChI is InChI=1S/C29H36O6/c1-15-14-24(34-25(32)16(15)2)28(4)22-10-8-19-17-6-7-20-21(30)9-11-23(31)27(20,3)18(17)12-13-29(19,22)26(33-5)35-28/h7,9,11,17-19,22,24,26H,6,8,10,12-14H2,1-5H3/t17-,18+,19+,22-,24-,26+,27-,28-,29-/m1/s1. The highest BCUT2D eigenvalue weighted by molar-refractivity contribution is 6.18. The molecule has 35 heavy (non-hydrogen) atoms. The molecule has 0 amide bonds. The van der Waals surface area contributed by atoms with Crippen LogP contribution in [0.3, 0.4) is 0 Å². The SMILES string of the molecule is CO[C@H]1O[C@@](C)([C@H]2CC(C)=C(C)C(=O)O2)[C@H]2CC[C@H]3[C@@H]4CC=C5C(=O)C=CC(=O)[C@]5(C)[C@H]4CC[C@]123. The van der Waals surface area contributed by atoms with Gasteiger partial charge in [0.2, 0.25) is 0 Å². The number of hydrogen-bond acceptors (Lipinski definition) is 6. The summed E-state index contributed by atoms with van der Waals surface area (Å²) in [6.07, 6.45) is 9.54. The molecular weight excluding hydrogens is 444 g/mol. The molecule has 0 N–H and O–H groups in total. The summed E-state index contributed by atoms with van der Waals surface area (Å²) < 4.78 is 18.8. The third kappa shape index (κ3) is 2.76. The summed E-state index contributed by atoms with van der Waals surface area (Å²) in [6.45, 7) is 7.95. The minimum absolute atomic E-state index is 0.0143. The van der Waals surface area contributed by atoms with Crippen molar-refractivity contribution >= 4 is 17.5 Å². The highest BCUT2D eigenvalue weighted by atomic mass is 16.7. The lowest BCUT2D eigenvalue weighted by Gasteiger charge is -2.56. The van der Waals surface area contributed by atoms with Crippen molar-refractivity contribution < 1.29 is 28.6 Å². The number of rotatable bonds is 2. The number of allylic oxidation sites excluding steroid dienone is 4. The second kappa shape index (κ2) is 7.48. The van der Waals surface area contributed by atoms with Gasteiger partial charge in [-0.1, -0.05) is 11.6 Å². The van der Waals surface area contributed by atoms with Crippen molar-refractivity contribution in [3.63, 3.8) is 0 Å². The topological polar surface area (TPSA) is 78.9 Å². The summed E-state index contributed by atoms with van der Waals surface area (Å²) in [4.78, 5) is 38.5. The van der Waals surface area contributed by atoms with Crippen LogP contribution in [-0.4, -0.2) is 42.6 Å². The molecule has 1 saturated heterocycles. The molecule has 0 aromatic carbocycles. The third-order valence-electron chi connectivity index (χ3n) is 11.1. The van der Waals surface area contributed by atoms with E-state index in [1.807, 2.05) is 26.8 Å². The van der Waals surface area contributed by atoms with Crippen LogP contribution >= 0.6 is 0 Å². The largest absolute Gasteiger partial charge is 0.456 e. The highest BCUT2D eigenvalue weighted by Crippen LogP contribution is 2.72. The Bertz CT molecular complexity index is 1110. The Hall–Kier alpha value is -2.05. The molecule has 6 aliphatic rings. The van der Waals surface area contributed by atoms with Gasteiger partial charge in [-0.25, -0.2) is 4.79 Å². The molecule has 4 aliphatic carbocycles. The lowest BCUT2D eigenvalue weighted by molar-refractivity contribution is -0.226. The van der Waals surface area contributed by atoms with Gasteiger partial charge in [0.15, 0.2) is 17.9 Å².